The maximum Gasteiger partial charge on any atom is 0.404 e. The van der Waals surface area contributed by atoms with E-state index in [1.807, 2.05) is 0 Å². The van der Waals surface area contributed by atoms with Crippen LogP contribution in [0.5, 0.6) is 0 Å². The number of rotatable bonds is 3. The van der Waals surface area contributed by atoms with Gasteiger partial charge in [0.05, 0.1) is 18.1 Å². The summed E-state index contributed by atoms with van der Waals surface area (Å²) in [7, 11) is 0. The number of carboxylic acid groups (broad SMARTS) is 1. The second-order valence-corrected chi connectivity index (χ2v) is 5.76. The zero-order valence-corrected chi connectivity index (χ0v) is 12.0. The van der Waals surface area contributed by atoms with Gasteiger partial charge in [-0.2, -0.15) is 0 Å². The van der Waals surface area contributed by atoms with Crippen molar-refractivity contribution in [3.63, 3.8) is 0 Å². The third kappa shape index (κ3) is 3.63. The summed E-state index contributed by atoms with van der Waals surface area (Å²) in [4.78, 5) is 35.9. The fourth-order valence-electron chi connectivity index (χ4n) is 3.30. The van der Waals surface area contributed by atoms with Gasteiger partial charge < -0.3 is 26.4 Å². The summed E-state index contributed by atoms with van der Waals surface area (Å²) in [5.41, 5.74) is 5.75. The summed E-state index contributed by atoms with van der Waals surface area (Å²) in [6.07, 6.45) is 1.33. The van der Waals surface area contributed by atoms with Crippen LogP contribution in [0.25, 0.3) is 0 Å². The predicted molar refractivity (Wildman–Crippen MR) is 74.5 cm³/mol. The van der Waals surface area contributed by atoms with Gasteiger partial charge >= 0.3 is 6.09 Å². The molecule has 118 valence electrons. The van der Waals surface area contributed by atoms with Crippen molar-refractivity contribution in [1.29, 1.82) is 0 Å². The van der Waals surface area contributed by atoms with Gasteiger partial charge in [-0.05, 0) is 25.7 Å². The van der Waals surface area contributed by atoms with Crippen LogP contribution in [0, 0.1) is 0 Å². The molecule has 2 unspecified atom stereocenters. The molecule has 0 radical (unpaired) electrons. The molecule has 1 saturated heterocycles. The first-order chi connectivity index (χ1) is 9.88. The first kappa shape index (κ1) is 15.6. The minimum Gasteiger partial charge on any atom is -0.465 e. The monoisotopic (exact) mass is 298 g/mol. The van der Waals surface area contributed by atoms with Gasteiger partial charge in [-0.25, -0.2) is 4.79 Å². The van der Waals surface area contributed by atoms with Crippen molar-refractivity contribution in [2.45, 2.75) is 56.8 Å². The van der Waals surface area contributed by atoms with E-state index < -0.39 is 12.1 Å². The number of hydrogen-bond acceptors (Lipinski definition) is 4. The Morgan fingerprint density at radius 3 is 2.52 bits per heavy atom. The van der Waals surface area contributed by atoms with Crippen LogP contribution in [0.15, 0.2) is 0 Å². The van der Waals surface area contributed by atoms with E-state index in [-0.39, 0.29) is 29.9 Å². The van der Waals surface area contributed by atoms with Crippen LogP contribution < -0.4 is 16.4 Å². The molecule has 4 atom stereocenters. The Hall–Kier alpha value is -1.83. The molecule has 1 heterocycles. The Kier molecular flexibility index (Phi) is 4.66. The Morgan fingerprint density at radius 1 is 1.29 bits per heavy atom. The lowest BCUT2D eigenvalue weighted by molar-refractivity contribution is -0.133. The number of nitrogens with zero attached hydrogens (tertiary/aromatic N) is 1. The van der Waals surface area contributed by atoms with Gasteiger partial charge in [0.1, 0.15) is 0 Å². The van der Waals surface area contributed by atoms with Crippen molar-refractivity contribution in [2.24, 2.45) is 5.73 Å². The minimum atomic E-state index is -1.07. The van der Waals surface area contributed by atoms with Crippen molar-refractivity contribution in [1.82, 2.24) is 15.5 Å². The number of amides is 3. The largest absolute Gasteiger partial charge is 0.465 e. The quantitative estimate of drug-likeness (QED) is 0.545. The molecule has 0 aromatic carbocycles. The predicted octanol–water partition coefficient (Wildman–Crippen LogP) is -0.761. The van der Waals surface area contributed by atoms with Crippen molar-refractivity contribution in [3.05, 3.63) is 0 Å². The lowest BCUT2D eigenvalue weighted by Gasteiger charge is -2.41. The molecular formula is C13H22N4O4. The summed E-state index contributed by atoms with van der Waals surface area (Å²) in [6.45, 7) is 2.01. The van der Waals surface area contributed by atoms with Crippen molar-refractivity contribution in [3.8, 4) is 0 Å². The van der Waals surface area contributed by atoms with Gasteiger partial charge in [0, 0.05) is 19.5 Å². The molecule has 2 fully saturated rings. The third-order valence-electron chi connectivity index (χ3n) is 4.21. The molecule has 0 aromatic heterocycles. The van der Waals surface area contributed by atoms with E-state index in [9.17, 15) is 14.4 Å². The first-order valence-corrected chi connectivity index (χ1v) is 7.21. The van der Waals surface area contributed by atoms with Crippen LogP contribution in [0.4, 0.5) is 4.79 Å². The summed E-state index contributed by atoms with van der Waals surface area (Å²) < 4.78 is 0. The summed E-state index contributed by atoms with van der Waals surface area (Å²) in [6, 6.07) is -1.02. The number of likely N-dealkylation sites (tertiary alicyclic amines) is 1. The Labute approximate surface area is 123 Å². The molecule has 21 heavy (non-hydrogen) atoms. The van der Waals surface area contributed by atoms with Gasteiger partial charge in [-0.15, -0.1) is 0 Å². The SMILES string of the molecule is CC(=O)N[C@@H]1CC(NC(=O)O)CC[C@@H]1N1CCC(N)C1=O. The smallest absolute Gasteiger partial charge is 0.404 e. The van der Waals surface area contributed by atoms with Crippen LogP contribution in [0.2, 0.25) is 0 Å². The molecule has 2 aliphatic rings. The second kappa shape index (κ2) is 6.30. The molecule has 1 aliphatic carbocycles. The topological polar surface area (TPSA) is 125 Å². The van der Waals surface area contributed by atoms with Crippen molar-refractivity contribution >= 4 is 17.9 Å². The summed E-state index contributed by atoms with van der Waals surface area (Å²) in [5, 5.41) is 14.1. The summed E-state index contributed by atoms with van der Waals surface area (Å²) in [5.74, 6) is -0.267. The first-order valence-electron chi connectivity index (χ1n) is 7.21. The fourth-order valence-corrected chi connectivity index (χ4v) is 3.30. The molecule has 3 amide bonds. The van der Waals surface area contributed by atoms with E-state index in [1.54, 1.807) is 4.90 Å². The summed E-state index contributed by atoms with van der Waals surface area (Å²) >= 11 is 0. The molecule has 1 saturated carbocycles. The number of hydrogen-bond donors (Lipinski definition) is 4. The number of carbonyl (C=O) groups excluding carboxylic acids is 2. The molecule has 8 nitrogen and oxygen atoms in total. The highest BCUT2D eigenvalue weighted by atomic mass is 16.4. The minimum absolute atomic E-state index is 0.0833. The van der Waals surface area contributed by atoms with E-state index in [2.05, 4.69) is 10.6 Å². The van der Waals surface area contributed by atoms with Gasteiger partial charge in [-0.1, -0.05) is 0 Å². The zero-order chi connectivity index (χ0) is 15.6. The Bertz CT molecular complexity index is 442. The molecule has 0 spiro atoms. The van der Waals surface area contributed by atoms with E-state index in [4.69, 9.17) is 10.8 Å². The van der Waals surface area contributed by atoms with Crippen LogP contribution in [0.3, 0.4) is 0 Å². The van der Waals surface area contributed by atoms with E-state index in [0.29, 0.717) is 32.2 Å². The Balaban J connectivity index is 2.07. The molecule has 8 heteroatoms. The fraction of sp³-hybridized carbons (Fsp3) is 0.769. The Morgan fingerprint density at radius 2 is 2.00 bits per heavy atom. The molecule has 1 aliphatic heterocycles. The molecule has 5 N–H and O–H groups in total. The average Bonchev–Trinajstić information content (AvgIpc) is 2.69. The standard InChI is InChI=1S/C13H22N4O4/c1-7(18)15-10-6-8(16-13(20)21)2-3-11(10)17-5-4-9(14)12(17)19/h8-11,16H,2-6,14H2,1H3,(H,15,18)(H,20,21)/t8?,9?,10-,11+/m1/s1. The van der Waals surface area contributed by atoms with Crippen LogP contribution >= 0.6 is 0 Å². The lowest BCUT2D eigenvalue weighted by Crippen LogP contribution is -2.58. The maximum absolute atomic E-state index is 12.1. The van der Waals surface area contributed by atoms with Crippen molar-refractivity contribution in [2.75, 3.05) is 6.54 Å². The van der Waals surface area contributed by atoms with Crippen molar-refractivity contribution < 1.29 is 19.5 Å². The molecule has 0 bridgehead atoms. The van der Waals surface area contributed by atoms with E-state index in [1.165, 1.54) is 6.92 Å². The highest BCUT2D eigenvalue weighted by molar-refractivity contribution is 5.84. The number of carbonyl (C=O) groups is 3. The van der Waals surface area contributed by atoms with Crippen LogP contribution in [-0.2, 0) is 9.59 Å². The lowest BCUT2D eigenvalue weighted by atomic mass is 9.85. The van der Waals surface area contributed by atoms with Gasteiger partial charge in [0.2, 0.25) is 11.8 Å². The highest BCUT2D eigenvalue weighted by Crippen LogP contribution is 2.27. The zero-order valence-electron chi connectivity index (χ0n) is 12.0. The van der Waals surface area contributed by atoms with Gasteiger partial charge in [0.25, 0.3) is 0 Å². The van der Waals surface area contributed by atoms with Crippen LogP contribution in [0.1, 0.15) is 32.6 Å². The van der Waals surface area contributed by atoms with E-state index >= 15 is 0 Å². The molecular weight excluding hydrogens is 276 g/mol. The van der Waals surface area contributed by atoms with Gasteiger partial charge in [0.15, 0.2) is 0 Å². The number of nitrogens with two attached hydrogens (primary N) is 1. The van der Waals surface area contributed by atoms with E-state index in [0.717, 1.165) is 0 Å². The molecule has 2 rings (SSSR count). The highest BCUT2D eigenvalue weighted by Gasteiger charge is 2.41. The second-order valence-electron chi connectivity index (χ2n) is 5.76. The maximum atomic E-state index is 12.1. The van der Waals surface area contributed by atoms with Gasteiger partial charge in [-0.3, -0.25) is 9.59 Å². The van der Waals surface area contributed by atoms with Crippen LogP contribution in [-0.4, -0.2) is 58.6 Å². The normalized spacial score (nSPS) is 32.9. The average molecular weight is 298 g/mol. The molecule has 0 aromatic rings. The number of nitrogens with one attached hydrogen (secondary N) is 2. The third-order valence-corrected chi connectivity index (χ3v) is 4.21.